The molecule has 1 heterocycles. The molecule has 0 aliphatic carbocycles. The summed E-state index contributed by atoms with van der Waals surface area (Å²) in [5.74, 6) is 1.11. The second-order valence-corrected chi connectivity index (χ2v) is 7.53. The number of carbonyl (C=O) groups excluding carboxylic acids is 1. The van der Waals surface area contributed by atoms with Gasteiger partial charge in [-0.15, -0.1) is 0 Å². The van der Waals surface area contributed by atoms with Crippen molar-refractivity contribution in [2.45, 2.75) is 80.5 Å². The summed E-state index contributed by atoms with van der Waals surface area (Å²) >= 11 is 5.83. The summed E-state index contributed by atoms with van der Waals surface area (Å²) in [7, 11) is 1.61. The Labute approximate surface area is 196 Å². The van der Waals surface area contributed by atoms with Gasteiger partial charge in [-0.2, -0.15) is 0 Å². The van der Waals surface area contributed by atoms with Crippen LogP contribution in [-0.4, -0.2) is 43.7 Å². The molecule has 1 aromatic carbocycles. The molecule has 1 fully saturated rings. The van der Waals surface area contributed by atoms with Crippen LogP contribution in [0, 0.1) is 5.92 Å². The molecule has 1 aliphatic rings. The number of aliphatic hydroxyl groups excluding tert-OH is 1. The number of halogens is 1. The average Bonchev–Trinajstić information content (AvgIpc) is 3.29. The number of nitrogen functional groups attached to an aromatic ring is 1. The molecule has 7 heteroatoms. The van der Waals surface area contributed by atoms with Gasteiger partial charge in [0.15, 0.2) is 0 Å². The van der Waals surface area contributed by atoms with Crippen LogP contribution in [0.25, 0.3) is 0 Å². The van der Waals surface area contributed by atoms with Crippen molar-refractivity contribution < 1.29 is 14.6 Å². The highest BCUT2D eigenvalue weighted by Gasteiger charge is 2.17. The number of aliphatic hydroxyl groups is 1. The van der Waals surface area contributed by atoms with E-state index in [0.29, 0.717) is 29.4 Å². The molecule has 5 N–H and O–H groups in total. The normalized spacial score (nSPS) is 15.0. The van der Waals surface area contributed by atoms with Crippen LogP contribution in [0.15, 0.2) is 18.2 Å². The summed E-state index contributed by atoms with van der Waals surface area (Å²) in [6.07, 6.45) is 1.44. The molecule has 0 spiro atoms. The monoisotopic (exact) mass is 461 g/mol. The third-order valence-corrected chi connectivity index (χ3v) is 3.86. The molecule has 0 amide bonds. The highest BCUT2D eigenvalue weighted by atomic mass is 35.5. The van der Waals surface area contributed by atoms with Crippen molar-refractivity contribution in [2.75, 3.05) is 32.5 Å². The van der Waals surface area contributed by atoms with Crippen LogP contribution in [0.3, 0.4) is 0 Å². The Hall–Kier alpha value is -1.18. The largest absolute Gasteiger partial charge is 0.398 e. The first kappa shape index (κ1) is 34.4. The number of nitrogens with two attached hydrogens (primary N) is 1. The van der Waals surface area contributed by atoms with E-state index in [-0.39, 0.29) is 11.8 Å². The third kappa shape index (κ3) is 20.5. The smallest absolute Gasteiger partial charge is 0.146 e. The summed E-state index contributed by atoms with van der Waals surface area (Å²) in [6, 6.07) is 5.21. The molecule has 0 radical (unpaired) electrons. The molecule has 1 aromatic rings. The van der Waals surface area contributed by atoms with Gasteiger partial charge in [0.05, 0.1) is 23.4 Å². The van der Waals surface area contributed by atoms with Crippen molar-refractivity contribution in [1.82, 2.24) is 10.6 Å². The minimum Gasteiger partial charge on any atom is -0.398 e. The van der Waals surface area contributed by atoms with Crippen molar-refractivity contribution in [3.63, 3.8) is 0 Å². The zero-order valence-corrected chi connectivity index (χ0v) is 22.0. The second-order valence-electron chi connectivity index (χ2n) is 7.12. The number of methoxy groups -OCH3 is 1. The number of anilines is 1. The molecule has 1 unspecified atom stereocenters. The topological polar surface area (TPSA) is 96.6 Å². The number of carbonyl (C=O) groups is 1. The maximum Gasteiger partial charge on any atom is 0.146 e. The van der Waals surface area contributed by atoms with Gasteiger partial charge >= 0.3 is 0 Å². The number of ether oxygens (including phenoxy) is 1. The van der Waals surface area contributed by atoms with E-state index in [1.54, 1.807) is 32.2 Å². The van der Waals surface area contributed by atoms with Gasteiger partial charge in [0.25, 0.3) is 0 Å². The van der Waals surface area contributed by atoms with Gasteiger partial charge < -0.3 is 20.9 Å². The van der Waals surface area contributed by atoms with E-state index in [0.717, 1.165) is 25.3 Å². The van der Waals surface area contributed by atoms with Gasteiger partial charge in [-0.1, -0.05) is 66.1 Å². The molecule has 0 aromatic heterocycles. The van der Waals surface area contributed by atoms with Crippen molar-refractivity contribution in [3.05, 3.63) is 28.8 Å². The fraction of sp³-hybridized carbons (Fsp3) is 0.708. The lowest BCUT2D eigenvalue weighted by molar-refractivity contribution is -0.118. The minimum atomic E-state index is -0.752. The van der Waals surface area contributed by atoms with Crippen molar-refractivity contribution in [3.8, 4) is 0 Å². The van der Waals surface area contributed by atoms with Gasteiger partial charge in [-0.05, 0) is 49.9 Å². The number of Topliss-reactive ketones (excluding diaryl/α,β-unsaturated/α-hetero) is 1. The lowest BCUT2D eigenvalue weighted by atomic mass is 10.2. The highest BCUT2D eigenvalue weighted by Crippen LogP contribution is 2.22. The fourth-order valence-corrected chi connectivity index (χ4v) is 2.35. The highest BCUT2D eigenvalue weighted by molar-refractivity contribution is 6.33. The first-order chi connectivity index (χ1) is 14.7. The van der Waals surface area contributed by atoms with Crippen LogP contribution < -0.4 is 16.4 Å². The summed E-state index contributed by atoms with van der Waals surface area (Å²) in [6.45, 7) is 18.3. The quantitative estimate of drug-likeness (QED) is 0.264. The van der Waals surface area contributed by atoms with E-state index in [4.69, 9.17) is 22.1 Å². The predicted octanol–water partition coefficient (Wildman–Crippen LogP) is 5.19. The number of hydrogen-bond donors (Lipinski definition) is 4. The SMILES string of the molecule is CC.CC.CC(=O)[C@H]1CCCN1.CC(C)C.COCCNC(O)c1ccc(N)c(Cl)c1. The van der Waals surface area contributed by atoms with E-state index >= 15 is 0 Å². The van der Waals surface area contributed by atoms with Crippen LogP contribution in [-0.2, 0) is 9.53 Å². The molecule has 6 nitrogen and oxygen atoms in total. The summed E-state index contributed by atoms with van der Waals surface area (Å²) in [5, 5.41) is 16.1. The molecule has 0 saturated carbocycles. The Morgan fingerprint density at radius 3 is 2.19 bits per heavy atom. The van der Waals surface area contributed by atoms with E-state index in [1.165, 1.54) is 0 Å². The van der Waals surface area contributed by atoms with Gasteiger partial charge in [-0.3, -0.25) is 10.1 Å². The van der Waals surface area contributed by atoms with E-state index in [9.17, 15) is 9.90 Å². The van der Waals surface area contributed by atoms with E-state index < -0.39 is 6.23 Å². The molecule has 31 heavy (non-hydrogen) atoms. The van der Waals surface area contributed by atoms with Gasteiger partial charge in [0.2, 0.25) is 0 Å². The fourth-order valence-electron chi connectivity index (χ4n) is 2.16. The number of hydrogen-bond acceptors (Lipinski definition) is 6. The number of nitrogens with one attached hydrogen (secondary N) is 2. The van der Waals surface area contributed by atoms with Crippen molar-refractivity contribution in [1.29, 1.82) is 0 Å². The molecular formula is C24H48ClN3O3. The summed E-state index contributed by atoms with van der Waals surface area (Å²) < 4.78 is 4.85. The lowest BCUT2D eigenvalue weighted by Gasteiger charge is -2.13. The average molecular weight is 462 g/mol. The van der Waals surface area contributed by atoms with Crippen LogP contribution in [0.2, 0.25) is 5.02 Å². The van der Waals surface area contributed by atoms with Crippen molar-refractivity contribution in [2.24, 2.45) is 5.92 Å². The molecule has 2 rings (SSSR count). The maximum absolute atomic E-state index is 10.6. The standard InChI is InChI=1S/C10H15ClN2O2.C6H11NO.C4H10.2C2H6/c1-15-5-4-13-10(14)7-2-3-9(12)8(11)6-7;1-5(8)6-3-2-4-7-6;1-4(2)3;2*1-2/h2-3,6,10,13-14H,4-5,12H2,1H3;6-7H,2-4H2,1H3;4H,1-3H3;2*1-2H3/t;6-;;;/m.1.../s1. The summed E-state index contributed by atoms with van der Waals surface area (Å²) in [5.41, 5.74) is 6.75. The second kappa shape index (κ2) is 23.5. The van der Waals surface area contributed by atoms with Gasteiger partial charge in [0, 0.05) is 13.7 Å². The Balaban J connectivity index is -0.000000410. The molecule has 184 valence electrons. The van der Waals surface area contributed by atoms with Gasteiger partial charge in [0.1, 0.15) is 12.0 Å². The summed E-state index contributed by atoms with van der Waals surface area (Å²) in [4.78, 5) is 10.6. The number of ketones is 1. The Bertz CT molecular complexity index is 534. The van der Waals surface area contributed by atoms with Gasteiger partial charge in [-0.25, -0.2) is 0 Å². The molecule has 0 bridgehead atoms. The van der Waals surface area contributed by atoms with Crippen LogP contribution in [0.1, 0.15) is 80.0 Å². The van der Waals surface area contributed by atoms with E-state index in [1.807, 2.05) is 27.7 Å². The molecular weight excluding hydrogens is 414 g/mol. The first-order valence-electron chi connectivity index (χ1n) is 11.4. The molecule has 1 aliphatic heterocycles. The minimum absolute atomic E-state index is 0.176. The van der Waals surface area contributed by atoms with Crippen molar-refractivity contribution >= 4 is 23.1 Å². The molecule has 1 saturated heterocycles. The number of benzene rings is 1. The predicted molar refractivity (Wildman–Crippen MR) is 136 cm³/mol. The van der Waals surface area contributed by atoms with Crippen LogP contribution >= 0.6 is 11.6 Å². The van der Waals surface area contributed by atoms with Crippen LogP contribution in [0.4, 0.5) is 5.69 Å². The Morgan fingerprint density at radius 2 is 1.84 bits per heavy atom. The Kier molecular flexibility index (Phi) is 26.1. The zero-order chi connectivity index (χ0) is 24.8. The first-order valence-corrected chi connectivity index (χ1v) is 11.8. The number of rotatable bonds is 6. The third-order valence-electron chi connectivity index (χ3n) is 3.54. The maximum atomic E-state index is 10.6. The Morgan fingerprint density at radius 1 is 1.29 bits per heavy atom. The lowest BCUT2D eigenvalue weighted by Crippen LogP contribution is -2.28. The van der Waals surface area contributed by atoms with E-state index in [2.05, 4.69) is 31.4 Å². The molecule has 2 atom stereocenters. The van der Waals surface area contributed by atoms with Crippen LogP contribution in [0.5, 0.6) is 0 Å². The zero-order valence-electron chi connectivity index (χ0n) is 21.2.